The summed E-state index contributed by atoms with van der Waals surface area (Å²) in [4.78, 5) is 11.0. The first kappa shape index (κ1) is 25.5. The lowest BCUT2D eigenvalue weighted by Crippen LogP contribution is -2.50. The number of nitrogens with one attached hydrogen (secondary N) is 2. The van der Waals surface area contributed by atoms with Gasteiger partial charge >= 0.3 is 0 Å². The second kappa shape index (κ2) is 13.0. The second-order valence-corrected chi connectivity index (χ2v) is 7.98. The monoisotopic (exact) mass is 544 g/mol. The smallest absolute Gasteiger partial charge is 0.191 e. The van der Waals surface area contributed by atoms with Crippen molar-refractivity contribution in [2.24, 2.45) is 10.9 Å². The Balaban J connectivity index is 0.00000341. The number of halogens is 2. The largest absolute Gasteiger partial charge is 0.374 e. The van der Waals surface area contributed by atoms with E-state index in [1.54, 1.807) is 29.4 Å². The van der Waals surface area contributed by atoms with Crippen LogP contribution in [0.25, 0.3) is 5.69 Å². The van der Waals surface area contributed by atoms with Gasteiger partial charge < -0.3 is 19.9 Å². The summed E-state index contributed by atoms with van der Waals surface area (Å²) in [6, 6.07) is 5.16. The summed E-state index contributed by atoms with van der Waals surface area (Å²) in [5, 5.41) is 6.61. The summed E-state index contributed by atoms with van der Waals surface area (Å²) < 4.78 is 22.0. The Labute approximate surface area is 201 Å². The van der Waals surface area contributed by atoms with Crippen LogP contribution in [0.2, 0.25) is 0 Å². The Kier molecular flexibility index (Phi) is 10.7. The van der Waals surface area contributed by atoms with Gasteiger partial charge in [0.15, 0.2) is 5.96 Å². The van der Waals surface area contributed by atoms with Crippen LogP contribution in [-0.2, 0) is 11.3 Å². The van der Waals surface area contributed by atoms with Crippen molar-refractivity contribution < 1.29 is 9.13 Å². The molecule has 1 fully saturated rings. The van der Waals surface area contributed by atoms with Crippen molar-refractivity contribution in [2.75, 3.05) is 39.3 Å². The summed E-state index contributed by atoms with van der Waals surface area (Å²) >= 11 is 0. The van der Waals surface area contributed by atoms with E-state index in [2.05, 4.69) is 39.4 Å². The molecule has 9 heteroatoms. The molecule has 0 aliphatic carbocycles. The van der Waals surface area contributed by atoms with Crippen molar-refractivity contribution in [2.45, 2.75) is 33.4 Å². The van der Waals surface area contributed by atoms with Crippen LogP contribution < -0.4 is 10.6 Å². The van der Waals surface area contributed by atoms with Crippen LogP contribution in [0.5, 0.6) is 0 Å². The third-order valence-corrected chi connectivity index (χ3v) is 4.90. The Morgan fingerprint density at radius 1 is 1.35 bits per heavy atom. The zero-order valence-electron chi connectivity index (χ0n) is 18.6. The van der Waals surface area contributed by atoms with Gasteiger partial charge in [-0.1, -0.05) is 19.9 Å². The molecule has 0 spiro atoms. The maximum absolute atomic E-state index is 14.5. The van der Waals surface area contributed by atoms with Gasteiger partial charge in [0.05, 0.1) is 31.3 Å². The van der Waals surface area contributed by atoms with E-state index in [0.717, 1.165) is 38.3 Å². The van der Waals surface area contributed by atoms with Gasteiger partial charge in [-0.2, -0.15) is 0 Å². The molecule has 0 bridgehead atoms. The van der Waals surface area contributed by atoms with Crippen LogP contribution in [0.4, 0.5) is 4.39 Å². The Bertz CT molecular complexity index is 814. The zero-order valence-corrected chi connectivity index (χ0v) is 20.9. The maximum atomic E-state index is 14.5. The molecule has 2 N–H and O–H groups in total. The topological polar surface area (TPSA) is 66.7 Å². The predicted molar refractivity (Wildman–Crippen MR) is 133 cm³/mol. The van der Waals surface area contributed by atoms with Crippen molar-refractivity contribution in [1.29, 1.82) is 0 Å². The van der Waals surface area contributed by atoms with Crippen LogP contribution in [-0.4, -0.2) is 65.8 Å². The standard InChI is InChI=1S/C22H33FN6O.HI/c1-4-25-22(27-13-19-15-28(9-10-30-19)14-17(2)3)26-12-18-5-6-21(20(23)11-18)29-8-7-24-16-29;/h5-8,11,16-17,19H,4,9-10,12-15H2,1-3H3,(H2,25,26,27);1H. The molecule has 1 aromatic carbocycles. The lowest BCUT2D eigenvalue weighted by atomic mass is 10.2. The normalized spacial score (nSPS) is 17.5. The number of ether oxygens (including phenoxy) is 1. The van der Waals surface area contributed by atoms with Crippen molar-refractivity contribution in [3.63, 3.8) is 0 Å². The van der Waals surface area contributed by atoms with Gasteiger partial charge in [0.1, 0.15) is 5.82 Å². The van der Waals surface area contributed by atoms with Crippen molar-refractivity contribution in [3.05, 3.63) is 48.3 Å². The lowest BCUT2D eigenvalue weighted by Gasteiger charge is -2.34. The van der Waals surface area contributed by atoms with E-state index in [0.29, 0.717) is 30.7 Å². The highest BCUT2D eigenvalue weighted by atomic mass is 127. The highest BCUT2D eigenvalue weighted by Crippen LogP contribution is 2.15. The van der Waals surface area contributed by atoms with E-state index >= 15 is 0 Å². The van der Waals surface area contributed by atoms with E-state index in [4.69, 9.17) is 4.74 Å². The molecule has 1 atom stereocenters. The summed E-state index contributed by atoms with van der Waals surface area (Å²) in [7, 11) is 0. The minimum absolute atomic E-state index is 0. The lowest BCUT2D eigenvalue weighted by molar-refractivity contribution is -0.0284. The maximum Gasteiger partial charge on any atom is 0.191 e. The number of aliphatic imine (C=N–C) groups is 1. The molecule has 0 saturated carbocycles. The highest BCUT2D eigenvalue weighted by molar-refractivity contribution is 14.0. The number of guanidine groups is 1. The predicted octanol–water partition coefficient (Wildman–Crippen LogP) is 3.04. The van der Waals surface area contributed by atoms with E-state index in [1.165, 1.54) is 6.07 Å². The van der Waals surface area contributed by atoms with Gasteiger partial charge in [0, 0.05) is 45.1 Å². The molecule has 1 aliphatic rings. The SMILES string of the molecule is CCNC(=NCc1ccc(-n2ccnc2)c(F)c1)NCC1CN(CC(C)C)CCO1.I. The fourth-order valence-corrected chi connectivity index (χ4v) is 3.57. The number of morpholine rings is 1. The summed E-state index contributed by atoms with van der Waals surface area (Å²) in [6.45, 7) is 12.1. The first-order valence-corrected chi connectivity index (χ1v) is 10.7. The molecule has 31 heavy (non-hydrogen) atoms. The van der Waals surface area contributed by atoms with Crippen molar-refractivity contribution >= 4 is 29.9 Å². The average molecular weight is 544 g/mol. The van der Waals surface area contributed by atoms with Crippen molar-refractivity contribution in [1.82, 2.24) is 25.1 Å². The highest BCUT2D eigenvalue weighted by Gasteiger charge is 2.21. The van der Waals surface area contributed by atoms with Gasteiger partial charge in [-0.15, -0.1) is 24.0 Å². The number of aromatic nitrogens is 2. The number of hydrogen-bond acceptors (Lipinski definition) is 4. The molecular weight excluding hydrogens is 510 g/mol. The van der Waals surface area contributed by atoms with Gasteiger partial charge in [0.2, 0.25) is 0 Å². The number of nitrogens with zero attached hydrogens (tertiary/aromatic N) is 4. The number of hydrogen-bond donors (Lipinski definition) is 2. The fourth-order valence-electron chi connectivity index (χ4n) is 3.57. The molecule has 1 saturated heterocycles. The van der Waals surface area contributed by atoms with Crippen LogP contribution in [0, 0.1) is 11.7 Å². The van der Waals surface area contributed by atoms with Crippen LogP contribution >= 0.6 is 24.0 Å². The van der Waals surface area contributed by atoms with E-state index in [9.17, 15) is 4.39 Å². The molecule has 0 amide bonds. The van der Waals surface area contributed by atoms with Gasteiger partial charge in [-0.05, 0) is 30.5 Å². The number of imidazole rings is 1. The summed E-state index contributed by atoms with van der Waals surface area (Å²) in [6.07, 6.45) is 5.07. The van der Waals surface area contributed by atoms with Crippen LogP contribution in [0.15, 0.2) is 41.9 Å². The molecule has 1 aromatic heterocycles. The third-order valence-electron chi connectivity index (χ3n) is 4.90. The van der Waals surface area contributed by atoms with Crippen molar-refractivity contribution in [3.8, 4) is 5.69 Å². The molecule has 1 aliphatic heterocycles. The van der Waals surface area contributed by atoms with Crippen LogP contribution in [0.1, 0.15) is 26.3 Å². The Morgan fingerprint density at radius 3 is 2.87 bits per heavy atom. The second-order valence-electron chi connectivity index (χ2n) is 7.98. The number of benzene rings is 1. The fraction of sp³-hybridized carbons (Fsp3) is 0.545. The first-order chi connectivity index (χ1) is 14.5. The van der Waals surface area contributed by atoms with E-state index in [-0.39, 0.29) is 35.9 Å². The molecule has 0 radical (unpaired) electrons. The Morgan fingerprint density at radius 2 is 2.19 bits per heavy atom. The van der Waals surface area contributed by atoms with E-state index < -0.39 is 0 Å². The molecule has 7 nitrogen and oxygen atoms in total. The number of rotatable bonds is 8. The Hall–Kier alpha value is -1.72. The van der Waals surface area contributed by atoms with Gasteiger partial charge in [0.25, 0.3) is 0 Å². The van der Waals surface area contributed by atoms with Gasteiger partial charge in [-0.25, -0.2) is 14.4 Å². The molecule has 1 unspecified atom stereocenters. The average Bonchev–Trinajstić information content (AvgIpc) is 3.24. The molecular formula is C22H34FIN6O. The first-order valence-electron chi connectivity index (χ1n) is 10.7. The van der Waals surface area contributed by atoms with E-state index in [1.807, 2.05) is 13.0 Å². The minimum Gasteiger partial charge on any atom is -0.374 e. The minimum atomic E-state index is -0.292. The molecule has 3 rings (SSSR count). The quantitative estimate of drug-likeness (QED) is 0.304. The molecule has 172 valence electrons. The summed E-state index contributed by atoms with van der Waals surface area (Å²) in [5.74, 6) is 1.07. The third kappa shape index (κ3) is 8.04. The summed E-state index contributed by atoms with van der Waals surface area (Å²) in [5.41, 5.74) is 1.29. The molecule has 2 aromatic rings. The zero-order chi connectivity index (χ0) is 21.3. The van der Waals surface area contributed by atoms with Crippen LogP contribution in [0.3, 0.4) is 0 Å². The molecule has 2 heterocycles. The van der Waals surface area contributed by atoms with Gasteiger partial charge in [-0.3, -0.25) is 4.90 Å².